The minimum absolute atomic E-state index is 0.184. The Morgan fingerprint density at radius 3 is 2.36 bits per heavy atom. The largest absolute Gasteiger partial charge is 0.493 e. The van der Waals surface area contributed by atoms with Crippen molar-refractivity contribution >= 4 is 11.7 Å². The van der Waals surface area contributed by atoms with Crippen LogP contribution in [0.5, 0.6) is 11.5 Å². The van der Waals surface area contributed by atoms with Crippen molar-refractivity contribution in [1.29, 1.82) is 0 Å². The lowest BCUT2D eigenvalue weighted by molar-refractivity contribution is -0.118. The molecule has 8 heteroatoms. The third-order valence-electron chi connectivity index (χ3n) is 3.64. The first-order valence-corrected chi connectivity index (χ1v) is 8.75. The van der Waals surface area contributed by atoms with Gasteiger partial charge in [-0.3, -0.25) is 4.79 Å². The molecule has 7 nitrogen and oxygen atoms in total. The fourth-order valence-corrected chi connectivity index (χ4v) is 2.28. The molecule has 28 heavy (non-hydrogen) atoms. The SMILES string of the molecule is CC(C)COc1ccc(-c2nonc2NC(=O)COc2ccc(F)cc2)cc1. The molecule has 0 aliphatic carbocycles. The van der Waals surface area contributed by atoms with E-state index in [0.717, 1.165) is 5.75 Å². The normalized spacial score (nSPS) is 10.7. The minimum atomic E-state index is -0.446. The molecule has 1 amide bonds. The molecular weight excluding hydrogens is 365 g/mol. The average Bonchev–Trinajstić information content (AvgIpc) is 3.14. The van der Waals surface area contributed by atoms with Crippen LogP contribution in [0.3, 0.4) is 0 Å². The molecule has 3 rings (SSSR count). The fourth-order valence-electron chi connectivity index (χ4n) is 2.28. The predicted molar refractivity (Wildman–Crippen MR) is 101 cm³/mol. The highest BCUT2D eigenvalue weighted by molar-refractivity contribution is 5.94. The second-order valence-electron chi connectivity index (χ2n) is 6.48. The van der Waals surface area contributed by atoms with E-state index in [0.29, 0.717) is 29.5 Å². The molecule has 0 atom stereocenters. The Labute approximate surface area is 161 Å². The molecule has 0 aliphatic heterocycles. The van der Waals surface area contributed by atoms with Crippen molar-refractivity contribution in [3.8, 4) is 22.8 Å². The number of aromatic nitrogens is 2. The second-order valence-corrected chi connectivity index (χ2v) is 6.48. The highest BCUT2D eigenvalue weighted by Crippen LogP contribution is 2.26. The fraction of sp³-hybridized carbons (Fsp3) is 0.250. The van der Waals surface area contributed by atoms with Crippen LogP contribution in [0, 0.1) is 11.7 Å². The summed E-state index contributed by atoms with van der Waals surface area (Å²) in [6, 6.07) is 12.6. The number of ether oxygens (including phenoxy) is 2. The van der Waals surface area contributed by atoms with Crippen LogP contribution >= 0.6 is 0 Å². The Morgan fingerprint density at radius 2 is 1.68 bits per heavy atom. The number of hydrogen-bond donors (Lipinski definition) is 1. The summed E-state index contributed by atoms with van der Waals surface area (Å²) in [6.07, 6.45) is 0. The van der Waals surface area contributed by atoms with Gasteiger partial charge >= 0.3 is 0 Å². The molecule has 0 saturated carbocycles. The van der Waals surface area contributed by atoms with Crippen molar-refractivity contribution < 1.29 is 23.3 Å². The third kappa shape index (κ3) is 5.29. The van der Waals surface area contributed by atoms with Crippen LogP contribution in [-0.2, 0) is 4.79 Å². The van der Waals surface area contributed by atoms with E-state index < -0.39 is 5.91 Å². The summed E-state index contributed by atoms with van der Waals surface area (Å²) in [5.41, 5.74) is 1.11. The van der Waals surface area contributed by atoms with Crippen molar-refractivity contribution in [2.24, 2.45) is 5.92 Å². The van der Waals surface area contributed by atoms with E-state index in [2.05, 4.69) is 29.5 Å². The summed E-state index contributed by atoms with van der Waals surface area (Å²) >= 11 is 0. The van der Waals surface area contributed by atoms with Gasteiger partial charge in [0.15, 0.2) is 12.3 Å². The minimum Gasteiger partial charge on any atom is -0.493 e. The van der Waals surface area contributed by atoms with E-state index in [4.69, 9.17) is 14.1 Å². The van der Waals surface area contributed by atoms with Gasteiger partial charge in [0.2, 0.25) is 5.82 Å². The van der Waals surface area contributed by atoms with E-state index in [1.165, 1.54) is 24.3 Å². The number of nitrogens with zero attached hydrogens (tertiary/aromatic N) is 2. The summed E-state index contributed by atoms with van der Waals surface area (Å²) in [6.45, 7) is 4.51. The molecular formula is C20H20FN3O4. The monoisotopic (exact) mass is 385 g/mol. The predicted octanol–water partition coefficient (Wildman–Crippen LogP) is 3.93. The molecule has 0 aliphatic rings. The van der Waals surface area contributed by atoms with Crippen LogP contribution < -0.4 is 14.8 Å². The maximum atomic E-state index is 12.9. The molecule has 0 unspecified atom stereocenters. The number of nitrogens with one attached hydrogen (secondary N) is 1. The van der Waals surface area contributed by atoms with Crippen molar-refractivity contribution in [2.75, 3.05) is 18.5 Å². The Bertz CT molecular complexity index is 908. The van der Waals surface area contributed by atoms with Crippen LogP contribution in [0.2, 0.25) is 0 Å². The van der Waals surface area contributed by atoms with Crippen LogP contribution in [-0.4, -0.2) is 29.4 Å². The number of amides is 1. The third-order valence-corrected chi connectivity index (χ3v) is 3.64. The number of carbonyl (C=O) groups excluding carboxylic acids is 1. The lowest BCUT2D eigenvalue weighted by Crippen LogP contribution is -2.20. The van der Waals surface area contributed by atoms with Gasteiger partial charge in [0.25, 0.3) is 5.91 Å². The molecule has 0 saturated heterocycles. The molecule has 1 N–H and O–H groups in total. The second kappa shape index (κ2) is 8.98. The summed E-state index contributed by atoms with van der Waals surface area (Å²) in [4.78, 5) is 12.1. The number of hydrogen-bond acceptors (Lipinski definition) is 6. The average molecular weight is 385 g/mol. The van der Waals surface area contributed by atoms with Crippen molar-refractivity contribution in [1.82, 2.24) is 10.3 Å². The smallest absolute Gasteiger partial charge is 0.263 e. The molecule has 0 bridgehead atoms. The number of anilines is 1. The topological polar surface area (TPSA) is 86.5 Å². The van der Waals surface area contributed by atoms with E-state index in [-0.39, 0.29) is 18.2 Å². The number of benzene rings is 2. The van der Waals surface area contributed by atoms with Crippen LogP contribution in [0.4, 0.5) is 10.2 Å². The van der Waals surface area contributed by atoms with Crippen LogP contribution in [0.25, 0.3) is 11.3 Å². The summed E-state index contributed by atoms with van der Waals surface area (Å²) < 4.78 is 28.6. The Kier molecular flexibility index (Phi) is 6.21. The summed E-state index contributed by atoms with van der Waals surface area (Å²) in [5.74, 6) is 0.912. The Balaban J connectivity index is 1.60. The number of carbonyl (C=O) groups is 1. The van der Waals surface area contributed by atoms with Crippen LogP contribution in [0.15, 0.2) is 53.2 Å². The van der Waals surface area contributed by atoms with Crippen molar-refractivity contribution in [2.45, 2.75) is 13.8 Å². The first-order chi connectivity index (χ1) is 13.5. The molecule has 0 radical (unpaired) electrons. The van der Waals surface area contributed by atoms with Gasteiger partial charge in [-0.15, -0.1) is 0 Å². The highest BCUT2D eigenvalue weighted by Gasteiger charge is 2.15. The van der Waals surface area contributed by atoms with Gasteiger partial charge in [-0.05, 0) is 64.8 Å². The quantitative estimate of drug-likeness (QED) is 0.632. The summed E-state index contributed by atoms with van der Waals surface area (Å²) in [7, 11) is 0. The van der Waals surface area contributed by atoms with E-state index in [9.17, 15) is 9.18 Å². The zero-order valence-electron chi connectivity index (χ0n) is 15.5. The van der Waals surface area contributed by atoms with Crippen LogP contribution in [0.1, 0.15) is 13.8 Å². The Morgan fingerprint density at radius 1 is 1.04 bits per heavy atom. The van der Waals surface area contributed by atoms with E-state index in [1.54, 1.807) is 12.1 Å². The maximum Gasteiger partial charge on any atom is 0.263 e. The van der Waals surface area contributed by atoms with E-state index >= 15 is 0 Å². The lowest BCUT2D eigenvalue weighted by atomic mass is 10.1. The van der Waals surface area contributed by atoms with Gasteiger partial charge < -0.3 is 14.8 Å². The molecule has 2 aromatic carbocycles. The van der Waals surface area contributed by atoms with Gasteiger partial charge in [0, 0.05) is 5.56 Å². The molecule has 0 spiro atoms. The standard InChI is InChI=1S/C20H20FN3O4/c1-13(2)11-26-16-7-3-14(4-8-16)19-20(24-28-23-19)22-18(25)12-27-17-9-5-15(21)6-10-17/h3-10,13H,11-12H2,1-2H3,(H,22,24,25). The van der Waals surface area contributed by atoms with Gasteiger partial charge in [0.05, 0.1) is 6.61 Å². The Hall–Kier alpha value is -3.42. The lowest BCUT2D eigenvalue weighted by Gasteiger charge is -2.09. The highest BCUT2D eigenvalue weighted by atomic mass is 19.1. The van der Waals surface area contributed by atoms with Gasteiger partial charge in [-0.25, -0.2) is 9.02 Å². The first kappa shape index (κ1) is 19.3. The zero-order valence-corrected chi connectivity index (χ0v) is 15.5. The maximum absolute atomic E-state index is 12.9. The van der Waals surface area contributed by atoms with Crippen molar-refractivity contribution in [3.63, 3.8) is 0 Å². The van der Waals surface area contributed by atoms with E-state index in [1.807, 2.05) is 12.1 Å². The number of rotatable bonds is 8. The molecule has 3 aromatic rings. The molecule has 0 fully saturated rings. The molecule has 1 heterocycles. The van der Waals surface area contributed by atoms with Gasteiger partial charge in [0.1, 0.15) is 17.3 Å². The van der Waals surface area contributed by atoms with Crippen molar-refractivity contribution in [3.05, 3.63) is 54.3 Å². The van der Waals surface area contributed by atoms with Gasteiger partial charge in [-0.2, -0.15) is 0 Å². The molecule has 146 valence electrons. The molecule has 1 aromatic heterocycles. The first-order valence-electron chi connectivity index (χ1n) is 8.75. The zero-order chi connectivity index (χ0) is 19.9. The number of halogens is 1. The van der Waals surface area contributed by atoms with Gasteiger partial charge in [-0.1, -0.05) is 13.8 Å². The summed E-state index contributed by atoms with van der Waals surface area (Å²) in [5, 5.41) is 10.2.